The zero-order valence-electron chi connectivity index (χ0n) is 20.6. The topological polar surface area (TPSA) is 104 Å². The number of nitrogens with one attached hydrogen (secondary N) is 2. The standard InChI is InChI=1S/C27H26F2N4O4/c1-4-30-24(34)22-27(9-10-27)20-16-6-5-11-31-23(16)32-21(20)17(26(36)37-14(2)3)13-33(22)25(35)15-7-8-18(28)19(29)12-15/h5-8,11-14,22H,4,9-10H2,1-3H3,(H,30,34)(H,31,32). The highest BCUT2D eigenvalue weighted by molar-refractivity contribution is 6.19. The third-order valence-corrected chi connectivity index (χ3v) is 6.76. The smallest absolute Gasteiger partial charge is 0.342 e. The zero-order chi connectivity index (χ0) is 26.5. The number of hydrogen-bond acceptors (Lipinski definition) is 5. The van der Waals surface area contributed by atoms with E-state index in [4.69, 9.17) is 4.74 Å². The number of carbonyl (C=O) groups is 3. The van der Waals surface area contributed by atoms with Crippen LogP contribution in [-0.2, 0) is 19.7 Å². The molecule has 1 fully saturated rings. The van der Waals surface area contributed by atoms with Gasteiger partial charge in [-0.3, -0.25) is 9.59 Å². The molecule has 0 bridgehead atoms. The first-order valence-electron chi connectivity index (χ1n) is 12.1. The predicted octanol–water partition coefficient (Wildman–Crippen LogP) is 3.83. The van der Waals surface area contributed by atoms with Crippen molar-refractivity contribution in [2.24, 2.45) is 0 Å². The van der Waals surface area contributed by atoms with Crippen molar-refractivity contribution in [2.75, 3.05) is 6.54 Å². The molecule has 1 saturated carbocycles. The normalized spacial score (nSPS) is 17.8. The Morgan fingerprint density at radius 3 is 2.62 bits per heavy atom. The summed E-state index contributed by atoms with van der Waals surface area (Å²) >= 11 is 0. The number of nitrogens with zero attached hydrogens (tertiary/aromatic N) is 2. The molecule has 3 aromatic rings. The summed E-state index contributed by atoms with van der Waals surface area (Å²) in [7, 11) is 0. The highest BCUT2D eigenvalue weighted by Gasteiger charge is 2.60. The van der Waals surface area contributed by atoms with E-state index in [1.54, 1.807) is 33.0 Å². The van der Waals surface area contributed by atoms with E-state index in [-0.39, 0.29) is 11.1 Å². The van der Waals surface area contributed by atoms with Gasteiger partial charge in [-0.05, 0) is 69.5 Å². The largest absolute Gasteiger partial charge is 0.459 e. The van der Waals surface area contributed by atoms with E-state index in [0.717, 1.165) is 28.5 Å². The van der Waals surface area contributed by atoms with Crippen LogP contribution < -0.4 is 5.32 Å². The third kappa shape index (κ3) is 4.06. The Labute approximate surface area is 211 Å². The van der Waals surface area contributed by atoms with Crippen LogP contribution in [0.15, 0.2) is 42.7 Å². The van der Waals surface area contributed by atoms with Gasteiger partial charge >= 0.3 is 5.97 Å². The average Bonchev–Trinajstić information content (AvgIpc) is 3.56. The molecule has 1 aromatic carbocycles. The Kier molecular flexibility index (Phi) is 6.05. The lowest BCUT2D eigenvalue weighted by Crippen LogP contribution is -2.53. The predicted molar refractivity (Wildman–Crippen MR) is 131 cm³/mol. The lowest BCUT2D eigenvalue weighted by Gasteiger charge is -2.33. The summed E-state index contributed by atoms with van der Waals surface area (Å²) in [6.45, 7) is 5.48. The summed E-state index contributed by atoms with van der Waals surface area (Å²) in [6, 6.07) is 5.35. The van der Waals surface area contributed by atoms with Crippen molar-refractivity contribution < 1.29 is 27.9 Å². The van der Waals surface area contributed by atoms with Gasteiger partial charge in [-0.25, -0.2) is 18.6 Å². The van der Waals surface area contributed by atoms with Gasteiger partial charge in [0.2, 0.25) is 5.91 Å². The van der Waals surface area contributed by atoms with Crippen molar-refractivity contribution in [1.82, 2.24) is 20.2 Å². The molecule has 10 heteroatoms. The maximum absolute atomic E-state index is 14.1. The molecule has 1 aliphatic heterocycles. The minimum atomic E-state index is -1.19. The summed E-state index contributed by atoms with van der Waals surface area (Å²) < 4.78 is 33.2. The number of hydrogen-bond donors (Lipinski definition) is 2. The number of ether oxygens (including phenoxy) is 1. The van der Waals surface area contributed by atoms with E-state index in [2.05, 4.69) is 15.3 Å². The van der Waals surface area contributed by atoms with E-state index in [0.29, 0.717) is 36.3 Å². The number of likely N-dealkylation sites (N-methyl/N-ethyl adjacent to an activating group) is 1. The second-order valence-corrected chi connectivity index (χ2v) is 9.57. The number of carbonyl (C=O) groups excluding carboxylic acids is 3. The molecule has 192 valence electrons. The van der Waals surface area contributed by atoms with Crippen LogP contribution in [-0.4, -0.2) is 51.3 Å². The van der Waals surface area contributed by atoms with Crippen LogP contribution >= 0.6 is 0 Å². The lowest BCUT2D eigenvalue weighted by atomic mass is 9.84. The Bertz CT molecular complexity index is 1460. The number of rotatable bonds is 5. The zero-order valence-corrected chi connectivity index (χ0v) is 20.6. The Hall–Kier alpha value is -4.08. The van der Waals surface area contributed by atoms with Crippen LogP contribution in [0.25, 0.3) is 16.6 Å². The van der Waals surface area contributed by atoms with E-state index in [9.17, 15) is 23.2 Å². The van der Waals surface area contributed by atoms with Crippen molar-refractivity contribution in [3.63, 3.8) is 0 Å². The van der Waals surface area contributed by atoms with Crippen LogP contribution in [0.2, 0.25) is 0 Å². The molecule has 1 aliphatic carbocycles. The molecule has 1 atom stereocenters. The molecule has 2 aliphatic rings. The van der Waals surface area contributed by atoms with Gasteiger partial charge in [0, 0.05) is 35.3 Å². The molecule has 1 spiro atoms. The Morgan fingerprint density at radius 2 is 1.97 bits per heavy atom. The van der Waals surface area contributed by atoms with Crippen LogP contribution in [0.3, 0.4) is 0 Å². The summed E-state index contributed by atoms with van der Waals surface area (Å²) in [4.78, 5) is 49.5. The van der Waals surface area contributed by atoms with E-state index >= 15 is 0 Å². The van der Waals surface area contributed by atoms with Crippen molar-refractivity contribution in [1.29, 1.82) is 0 Å². The van der Waals surface area contributed by atoms with E-state index in [1.807, 2.05) is 6.07 Å². The number of aromatic nitrogens is 2. The van der Waals surface area contributed by atoms with Gasteiger partial charge in [0.25, 0.3) is 5.91 Å². The van der Waals surface area contributed by atoms with E-state index < -0.39 is 47.0 Å². The van der Waals surface area contributed by atoms with Gasteiger partial charge in [-0.15, -0.1) is 0 Å². The molecule has 8 nitrogen and oxygen atoms in total. The van der Waals surface area contributed by atoms with Crippen molar-refractivity contribution in [3.8, 4) is 0 Å². The third-order valence-electron chi connectivity index (χ3n) is 6.76. The molecule has 1 unspecified atom stereocenters. The highest BCUT2D eigenvalue weighted by Crippen LogP contribution is 2.58. The average molecular weight is 509 g/mol. The minimum Gasteiger partial charge on any atom is -0.459 e. The molecular formula is C27H26F2N4O4. The summed E-state index contributed by atoms with van der Waals surface area (Å²) in [6.07, 6.45) is 3.58. The number of amides is 2. The number of halogens is 2. The fourth-order valence-electron chi connectivity index (χ4n) is 5.12. The molecule has 3 heterocycles. The van der Waals surface area contributed by atoms with Gasteiger partial charge in [-0.2, -0.15) is 0 Å². The molecule has 2 amide bonds. The maximum Gasteiger partial charge on any atom is 0.342 e. The molecule has 5 rings (SSSR count). The fourth-order valence-corrected chi connectivity index (χ4v) is 5.12. The van der Waals surface area contributed by atoms with Crippen molar-refractivity contribution >= 4 is 34.4 Å². The Morgan fingerprint density at radius 1 is 1.22 bits per heavy atom. The highest BCUT2D eigenvalue weighted by atomic mass is 19.2. The van der Waals surface area contributed by atoms with Crippen molar-refractivity contribution in [3.05, 3.63) is 71.2 Å². The number of fused-ring (bicyclic) bond motifs is 4. The van der Waals surface area contributed by atoms with Crippen LogP contribution in [0.1, 0.15) is 55.2 Å². The summed E-state index contributed by atoms with van der Waals surface area (Å²) in [5.74, 6) is -4.16. The fraction of sp³-hybridized carbons (Fsp3) is 0.333. The van der Waals surface area contributed by atoms with Crippen LogP contribution in [0.4, 0.5) is 8.78 Å². The first-order chi connectivity index (χ1) is 17.7. The SMILES string of the molecule is CCNC(=O)C1N(C(=O)c2ccc(F)c(F)c2)C=C(C(=O)OC(C)C)c2[nH]c3ncccc3c2C12CC2. The number of benzene rings is 1. The molecule has 2 aromatic heterocycles. The van der Waals surface area contributed by atoms with Gasteiger partial charge in [0.15, 0.2) is 11.6 Å². The first kappa shape index (κ1) is 24.6. The second kappa shape index (κ2) is 9.10. The molecule has 2 N–H and O–H groups in total. The second-order valence-electron chi connectivity index (χ2n) is 9.57. The minimum absolute atomic E-state index is 0.0377. The van der Waals surface area contributed by atoms with Crippen LogP contribution in [0.5, 0.6) is 0 Å². The van der Waals surface area contributed by atoms with Crippen molar-refractivity contribution in [2.45, 2.75) is 51.2 Å². The number of aromatic amines is 1. The van der Waals surface area contributed by atoms with E-state index in [1.165, 1.54) is 6.20 Å². The summed E-state index contributed by atoms with van der Waals surface area (Å²) in [5.41, 5.74) is 0.716. The monoisotopic (exact) mass is 508 g/mol. The lowest BCUT2D eigenvalue weighted by molar-refractivity contribution is -0.140. The molecule has 0 radical (unpaired) electrons. The van der Waals surface area contributed by atoms with Gasteiger partial charge in [0.05, 0.1) is 17.4 Å². The number of pyridine rings is 1. The van der Waals surface area contributed by atoms with Gasteiger partial charge in [0.1, 0.15) is 11.7 Å². The quantitative estimate of drug-likeness (QED) is 0.510. The first-order valence-corrected chi connectivity index (χ1v) is 12.1. The van der Waals surface area contributed by atoms with Crippen LogP contribution in [0, 0.1) is 11.6 Å². The van der Waals surface area contributed by atoms with Gasteiger partial charge in [-0.1, -0.05) is 0 Å². The summed E-state index contributed by atoms with van der Waals surface area (Å²) in [5, 5.41) is 3.54. The Balaban J connectivity index is 1.78. The number of H-pyrrole nitrogens is 1. The molecular weight excluding hydrogens is 482 g/mol. The number of esters is 1. The molecule has 0 saturated heterocycles. The van der Waals surface area contributed by atoms with Gasteiger partial charge < -0.3 is 19.9 Å². The molecule has 37 heavy (non-hydrogen) atoms. The maximum atomic E-state index is 14.1.